The molecule has 2 unspecified atom stereocenters. The number of carboxylic acid groups (broad SMARTS) is 1. The Balaban J connectivity index is 4.27. The smallest absolute Gasteiger partial charge is 0.410 e. The second-order valence-corrected chi connectivity index (χ2v) is 5.33. The molecule has 0 bridgehead atoms. The fraction of sp³-hybridized carbons (Fsp3) is 0.786. The summed E-state index contributed by atoms with van der Waals surface area (Å²) in [4.78, 5) is 33.2. The third kappa shape index (κ3) is 10.6. The van der Waals surface area contributed by atoms with Crippen LogP contribution in [0.5, 0.6) is 0 Å². The number of esters is 1. The average Bonchev–Trinajstić information content (AvgIpc) is 2.33. The number of aliphatic carboxylic acids is 1. The maximum absolute atomic E-state index is 11.6. The second kappa shape index (κ2) is 10.0. The Hall–Kier alpha value is -1.79. The van der Waals surface area contributed by atoms with Crippen molar-refractivity contribution in [3.05, 3.63) is 0 Å². The number of rotatable bonds is 9. The lowest BCUT2D eigenvalue weighted by Gasteiger charge is -2.19. The number of ether oxygens (including phenoxy) is 2. The fourth-order valence-electron chi connectivity index (χ4n) is 1.92. The molecule has 0 saturated heterocycles. The summed E-state index contributed by atoms with van der Waals surface area (Å²) in [5.74, 6) is -1.26. The first-order chi connectivity index (χ1) is 9.74. The molecule has 0 aromatic heterocycles. The Morgan fingerprint density at radius 1 is 1.19 bits per heavy atom. The van der Waals surface area contributed by atoms with Gasteiger partial charge in [-0.25, -0.2) is 4.79 Å². The zero-order chi connectivity index (χ0) is 16.4. The van der Waals surface area contributed by atoms with Crippen LogP contribution in [-0.4, -0.2) is 36.0 Å². The number of carboxylic acids is 1. The number of nitrogens with one attached hydrogen (secondary N) is 1. The monoisotopic (exact) mass is 303 g/mol. The third-order valence-corrected chi connectivity index (χ3v) is 2.67. The zero-order valence-electron chi connectivity index (χ0n) is 13.0. The van der Waals surface area contributed by atoms with Crippen molar-refractivity contribution in [1.29, 1.82) is 0 Å². The predicted molar refractivity (Wildman–Crippen MR) is 75.5 cm³/mol. The van der Waals surface area contributed by atoms with Gasteiger partial charge in [0.1, 0.15) is 0 Å². The van der Waals surface area contributed by atoms with Gasteiger partial charge in [0.25, 0.3) is 0 Å². The molecule has 0 fully saturated rings. The van der Waals surface area contributed by atoms with Gasteiger partial charge in [0.05, 0.1) is 0 Å². The van der Waals surface area contributed by atoms with E-state index in [0.29, 0.717) is 18.8 Å². The highest BCUT2D eigenvalue weighted by Crippen LogP contribution is 2.15. The largest absolute Gasteiger partial charge is 0.481 e. The Bertz CT molecular complexity index is 355. The lowest BCUT2D eigenvalue weighted by molar-refractivity contribution is -0.165. The highest BCUT2D eigenvalue weighted by molar-refractivity contribution is 5.69. The summed E-state index contributed by atoms with van der Waals surface area (Å²) >= 11 is 0. The van der Waals surface area contributed by atoms with Crippen LogP contribution in [0.1, 0.15) is 47.0 Å². The van der Waals surface area contributed by atoms with E-state index in [4.69, 9.17) is 14.6 Å². The van der Waals surface area contributed by atoms with Crippen LogP contribution in [0.2, 0.25) is 0 Å². The van der Waals surface area contributed by atoms with E-state index in [1.165, 1.54) is 6.92 Å². The van der Waals surface area contributed by atoms with Crippen LogP contribution in [0.15, 0.2) is 0 Å². The van der Waals surface area contributed by atoms with Gasteiger partial charge in [0, 0.05) is 26.3 Å². The van der Waals surface area contributed by atoms with Gasteiger partial charge >= 0.3 is 18.0 Å². The molecule has 0 aromatic rings. The summed E-state index contributed by atoms with van der Waals surface area (Å²) in [6.07, 6.45) is -0.627. The van der Waals surface area contributed by atoms with E-state index < -0.39 is 24.3 Å². The Morgan fingerprint density at radius 2 is 1.81 bits per heavy atom. The van der Waals surface area contributed by atoms with Crippen molar-refractivity contribution >= 4 is 18.0 Å². The molecule has 0 heterocycles. The maximum Gasteiger partial charge on any atom is 0.410 e. The van der Waals surface area contributed by atoms with Gasteiger partial charge in [-0.3, -0.25) is 9.59 Å². The molecule has 0 aromatic carbocycles. The number of alkyl carbamates (subject to hydrolysis) is 1. The highest BCUT2D eigenvalue weighted by atomic mass is 16.7. The first-order valence-electron chi connectivity index (χ1n) is 7.08. The molecule has 7 heteroatoms. The SMILES string of the molecule is CCC(OC(C)=O)OC(=O)NCC(CC(=O)O)CC(C)C. The standard InChI is InChI=1S/C14H25NO6/c1-5-13(20-10(4)16)21-14(19)15-8-11(6-9(2)3)7-12(17)18/h9,11,13H,5-8H2,1-4H3,(H,15,19)(H,17,18). The molecule has 0 saturated carbocycles. The van der Waals surface area contributed by atoms with Crippen molar-refractivity contribution < 1.29 is 29.0 Å². The minimum atomic E-state index is -0.925. The maximum atomic E-state index is 11.6. The molecule has 0 radical (unpaired) electrons. The minimum Gasteiger partial charge on any atom is -0.481 e. The van der Waals surface area contributed by atoms with Crippen LogP contribution in [0.4, 0.5) is 4.79 Å². The average molecular weight is 303 g/mol. The molecule has 7 nitrogen and oxygen atoms in total. The van der Waals surface area contributed by atoms with Crippen LogP contribution in [0.25, 0.3) is 0 Å². The van der Waals surface area contributed by atoms with Gasteiger partial charge in [-0.15, -0.1) is 0 Å². The number of hydrogen-bond acceptors (Lipinski definition) is 5. The summed E-state index contributed by atoms with van der Waals surface area (Å²) in [5.41, 5.74) is 0. The molecule has 0 spiro atoms. The van der Waals surface area contributed by atoms with E-state index in [0.717, 1.165) is 0 Å². The van der Waals surface area contributed by atoms with Gasteiger partial charge < -0.3 is 19.9 Å². The molecule has 2 atom stereocenters. The van der Waals surface area contributed by atoms with Crippen molar-refractivity contribution in [2.75, 3.05) is 6.54 Å². The van der Waals surface area contributed by atoms with E-state index in [9.17, 15) is 14.4 Å². The lowest BCUT2D eigenvalue weighted by atomic mass is 9.94. The predicted octanol–water partition coefficient (Wildman–Crippen LogP) is 2.15. The third-order valence-electron chi connectivity index (χ3n) is 2.67. The number of carbonyl (C=O) groups excluding carboxylic acids is 2. The number of hydrogen-bond donors (Lipinski definition) is 2. The first-order valence-corrected chi connectivity index (χ1v) is 7.08. The second-order valence-electron chi connectivity index (χ2n) is 5.33. The fourth-order valence-corrected chi connectivity index (χ4v) is 1.92. The van der Waals surface area contributed by atoms with Gasteiger partial charge in [0.15, 0.2) is 0 Å². The molecule has 1 amide bonds. The van der Waals surface area contributed by atoms with Gasteiger partial charge in [0.2, 0.25) is 6.29 Å². The summed E-state index contributed by atoms with van der Waals surface area (Å²) in [5, 5.41) is 11.4. The van der Waals surface area contributed by atoms with E-state index in [-0.39, 0.29) is 18.9 Å². The van der Waals surface area contributed by atoms with Crippen molar-refractivity contribution in [3.8, 4) is 0 Å². The minimum absolute atomic E-state index is 0.0143. The Morgan fingerprint density at radius 3 is 2.24 bits per heavy atom. The first kappa shape index (κ1) is 19.2. The van der Waals surface area contributed by atoms with E-state index >= 15 is 0 Å². The van der Waals surface area contributed by atoms with E-state index in [1.54, 1.807) is 6.92 Å². The molecule has 122 valence electrons. The van der Waals surface area contributed by atoms with E-state index in [1.807, 2.05) is 13.8 Å². The van der Waals surface area contributed by atoms with Crippen LogP contribution < -0.4 is 5.32 Å². The molecule has 0 aliphatic heterocycles. The van der Waals surface area contributed by atoms with Gasteiger partial charge in [-0.1, -0.05) is 20.8 Å². The number of carbonyl (C=O) groups is 3. The van der Waals surface area contributed by atoms with Crippen LogP contribution in [-0.2, 0) is 19.1 Å². The Kier molecular flexibility index (Phi) is 9.16. The summed E-state index contributed by atoms with van der Waals surface area (Å²) < 4.78 is 9.72. The summed E-state index contributed by atoms with van der Waals surface area (Å²) in [6, 6.07) is 0. The topological polar surface area (TPSA) is 102 Å². The van der Waals surface area contributed by atoms with Crippen molar-refractivity contribution in [2.45, 2.75) is 53.2 Å². The van der Waals surface area contributed by atoms with Crippen molar-refractivity contribution in [1.82, 2.24) is 5.32 Å². The van der Waals surface area contributed by atoms with Crippen molar-refractivity contribution in [2.24, 2.45) is 11.8 Å². The summed E-state index contributed by atoms with van der Waals surface area (Å²) in [6.45, 7) is 7.13. The quantitative estimate of drug-likeness (QED) is 0.500. The molecular formula is C14H25NO6. The van der Waals surface area contributed by atoms with Crippen LogP contribution >= 0.6 is 0 Å². The molecule has 0 rings (SSSR count). The van der Waals surface area contributed by atoms with Crippen molar-refractivity contribution in [3.63, 3.8) is 0 Å². The van der Waals surface area contributed by atoms with Gasteiger partial charge in [-0.05, 0) is 18.3 Å². The van der Waals surface area contributed by atoms with Crippen LogP contribution in [0.3, 0.4) is 0 Å². The molecule has 21 heavy (non-hydrogen) atoms. The highest BCUT2D eigenvalue weighted by Gasteiger charge is 2.19. The molecule has 2 N–H and O–H groups in total. The Labute approximate surface area is 125 Å². The van der Waals surface area contributed by atoms with Gasteiger partial charge in [-0.2, -0.15) is 0 Å². The van der Waals surface area contributed by atoms with Crippen LogP contribution in [0, 0.1) is 11.8 Å². The molecule has 0 aliphatic carbocycles. The molecule has 0 aliphatic rings. The normalized spacial score (nSPS) is 13.4. The zero-order valence-corrected chi connectivity index (χ0v) is 13.0. The molecular weight excluding hydrogens is 278 g/mol. The van der Waals surface area contributed by atoms with E-state index in [2.05, 4.69) is 5.32 Å². The lowest BCUT2D eigenvalue weighted by Crippen LogP contribution is -2.35. The number of amides is 1. The summed E-state index contributed by atoms with van der Waals surface area (Å²) in [7, 11) is 0.